The first-order chi connectivity index (χ1) is 7.75. The summed E-state index contributed by atoms with van der Waals surface area (Å²) < 4.78 is 0. The fraction of sp³-hybridized carbons (Fsp3) is 0.615. The fourth-order valence-electron chi connectivity index (χ4n) is 2.29. The van der Waals surface area contributed by atoms with Gasteiger partial charge in [0.05, 0.1) is 0 Å². The fourth-order valence-corrected chi connectivity index (χ4v) is 2.29. The Morgan fingerprint density at radius 3 is 2.62 bits per heavy atom. The van der Waals surface area contributed by atoms with Crippen molar-refractivity contribution in [1.29, 1.82) is 0 Å². The second-order valence-corrected chi connectivity index (χ2v) is 4.80. The molecule has 0 aromatic carbocycles. The summed E-state index contributed by atoms with van der Waals surface area (Å²) in [5, 5.41) is 2.34. The van der Waals surface area contributed by atoms with E-state index in [1.807, 2.05) is 12.3 Å². The van der Waals surface area contributed by atoms with Crippen LogP contribution in [-0.2, 0) is 0 Å². The molecule has 1 saturated heterocycles. The molecule has 0 bridgehead atoms. The number of hydrazine groups is 1. The van der Waals surface area contributed by atoms with Gasteiger partial charge in [0.1, 0.15) is 0 Å². The van der Waals surface area contributed by atoms with Crippen LogP contribution in [0, 0.1) is 0 Å². The molecule has 0 atom stereocenters. The van der Waals surface area contributed by atoms with Crippen LogP contribution in [0.4, 0.5) is 0 Å². The van der Waals surface area contributed by atoms with Crippen LogP contribution >= 0.6 is 0 Å². The van der Waals surface area contributed by atoms with Crippen LogP contribution in [0.15, 0.2) is 24.4 Å². The third-order valence-electron chi connectivity index (χ3n) is 3.04. The van der Waals surface area contributed by atoms with Gasteiger partial charge in [-0.3, -0.25) is 10.4 Å². The minimum Gasteiger partial charge on any atom is -0.261 e. The molecule has 0 saturated carbocycles. The van der Waals surface area contributed by atoms with Gasteiger partial charge in [-0.25, -0.2) is 5.01 Å². The molecule has 1 aliphatic heterocycles. The van der Waals surface area contributed by atoms with Crippen LogP contribution in [0.2, 0.25) is 0 Å². The summed E-state index contributed by atoms with van der Waals surface area (Å²) in [7, 11) is 0. The number of hydrogen-bond acceptors (Lipinski definition) is 3. The standard InChI is InChI=1S/C13H21N3/c1-11(2)15-16-9-6-12(7-10-16)13-5-3-4-8-14-13/h3-5,8,11-12,15H,6-7,9-10H2,1-2H3. The van der Waals surface area contributed by atoms with E-state index < -0.39 is 0 Å². The molecule has 2 rings (SSSR count). The van der Waals surface area contributed by atoms with Gasteiger partial charge in [-0.15, -0.1) is 0 Å². The molecule has 0 spiro atoms. The van der Waals surface area contributed by atoms with Crippen molar-refractivity contribution in [3.05, 3.63) is 30.1 Å². The molecule has 3 heteroatoms. The number of aromatic nitrogens is 1. The summed E-state index contributed by atoms with van der Waals surface area (Å²) in [6.45, 7) is 6.62. The first kappa shape index (κ1) is 11.6. The average molecular weight is 219 g/mol. The molecular formula is C13H21N3. The number of pyridine rings is 1. The van der Waals surface area contributed by atoms with Crippen molar-refractivity contribution in [2.24, 2.45) is 0 Å². The normalized spacial score (nSPS) is 19.2. The largest absolute Gasteiger partial charge is 0.261 e. The number of rotatable bonds is 3. The molecule has 0 unspecified atom stereocenters. The zero-order valence-electron chi connectivity index (χ0n) is 10.2. The van der Waals surface area contributed by atoms with Crippen molar-refractivity contribution in [1.82, 2.24) is 15.4 Å². The van der Waals surface area contributed by atoms with E-state index in [9.17, 15) is 0 Å². The molecule has 1 aromatic heterocycles. The Labute approximate surface area is 97.8 Å². The van der Waals surface area contributed by atoms with E-state index >= 15 is 0 Å². The summed E-state index contributed by atoms with van der Waals surface area (Å²) in [6.07, 6.45) is 4.31. The Kier molecular flexibility index (Phi) is 3.91. The van der Waals surface area contributed by atoms with Gasteiger partial charge in [-0.1, -0.05) is 6.07 Å². The lowest BCUT2D eigenvalue weighted by Gasteiger charge is -2.33. The molecule has 16 heavy (non-hydrogen) atoms. The Hall–Kier alpha value is -0.930. The number of nitrogens with one attached hydrogen (secondary N) is 1. The molecular weight excluding hydrogens is 198 g/mol. The van der Waals surface area contributed by atoms with E-state index in [0.717, 1.165) is 13.1 Å². The van der Waals surface area contributed by atoms with Crippen molar-refractivity contribution in [3.8, 4) is 0 Å². The smallest absolute Gasteiger partial charge is 0.0435 e. The van der Waals surface area contributed by atoms with Gasteiger partial charge in [0, 0.05) is 36.9 Å². The van der Waals surface area contributed by atoms with Crippen molar-refractivity contribution in [2.75, 3.05) is 13.1 Å². The third-order valence-corrected chi connectivity index (χ3v) is 3.04. The van der Waals surface area contributed by atoms with Gasteiger partial charge in [0.15, 0.2) is 0 Å². The quantitative estimate of drug-likeness (QED) is 0.844. The van der Waals surface area contributed by atoms with Crippen LogP contribution in [0.1, 0.15) is 38.3 Å². The van der Waals surface area contributed by atoms with Crippen LogP contribution in [-0.4, -0.2) is 29.1 Å². The molecule has 1 fully saturated rings. The van der Waals surface area contributed by atoms with E-state index in [1.165, 1.54) is 18.5 Å². The summed E-state index contributed by atoms with van der Waals surface area (Å²) in [5.41, 5.74) is 4.72. The summed E-state index contributed by atoms with van der Waals surface area (Å²) in [6, 6.07) is 6.75. The molecule has 1 aliphatic rings. The first-order valence-corrected chi connectivity index (χ1v) is 6.18. The summed E-state index contributed by atoms with van der Waals surface area (Å²) in [5.74, 6) is 0.645. The minimum absolute atomic E-state index is 0.534. The Bertz CT molecular complexity index is 302. The maximum atomic E-state index is 4.45. The van der Waals surface area contributed by atoms with Gasteiger partial charge >= 0.3 is 0 Å². The van der Waals surface area contributed by atoms with E-state index in [0.29, 0.717) is 12.0 Å². The predicted molar refractivity (Wildman–Crippen MR) is 66.1 cm³/mol. The second-order valence-electron chi connectivity index (χ2n) is 4.80. The third kappa shape index (κ3) is 3.03. The Morgan fingerprint density at radius 2 is 2.06 bits per heavy atom. The highest BCUT2D eigenvalue weighted by molar-refractivity contribution is 5.10. The molecule has 0 amide bonds. The Balaban J connectivity index is 1.86. The van der Waals surface area contributed by atoms with Gasteiger partial charge < -0.3 is 0 Å². The van der Waals surface area contributed by atoms with E-state index in [-0.39, 0.29) is 0 Å². The van der Waals surface area contributed by atoms with Gasteiger partial charge in [-0.05, 0) is 38.8 Å². The number of piperidine rings is 1. The lowest BCUT2D eigenvalue weighted by molar-refractivity contribution is 0.126. The topological polar surface area (TPSA) is 28.2 Å². The van der Waals surface area contributed by atoms with Gasteiger partial charge in [0.25, 0.3) is 0 Å². The Morgan fingerprint density at radius 1 is 1.31 bits per heavy atom. The highest BCUT2D eigenvalue weighted by Gasteiger charge is 2.21. The highest BCUT2D eigenvalue weighted by Crippen LogP contribution is 2.25. The zero-order chi connectivity index (χ0) is 11.4. The lowest BCUT2D eigenvalue weighted by atomic mass is 9.94. The second kappa shape index (κ2) is 5.41. The van der Waals surface area contributed by atoms with Gasteiger partial charge in [-0.2, -0.15) is 0 Å². The van der Waals surface area contributed by atoms with Crippen molar-refractivity contribution in [2.45, 2.75) is 38.6 Å². The summed E-state index contributed by atoms with van der Waals surface area (Å²) in [4.78, 5) is 4.45. The monoisotopic (exact) mass is 219 g/mol. The van der Waals surface area contributed by atoms with Crippen LogP contribution in [0.5, 0.6) is 0 Å². The zero-order valence-corrected chi connectivity index (χ0v) is 10.2. The highest BCUT2D eigenvalue weighted by atomic mass is 15.5. The maximum absolute atomic E-state index is 4.45. The van der Waals surface area contributed by atoms with Crippen molar-refractivity contribution in [3.63, 3.8) is 0 Å². The number of hydrogen-bond donors (Lipinski definition) is 1. The lowest BCUT2D eigenvalue weighted by Crippen LogP contribution is -2.46. The van der Waals surface area contributed by atoms with Crippen LogP contribution in [0.3, 0.4) is 0 Å². The SMILES string of the molecule is CC(C)NN1CCC(c2ccccn2)CC1. The van der Waals surface area contributed by atoms with E-state index in [2.05, 4.69) is 41.4 Å². The molecule has 3 nitrogen and oxygen atoms in total. The molecule has 1 aromatic rings. The molecule has 1 N–H and O–H groups in total. The summed E-state index contributed by atoms with van der Waals surface area (Å²) >= 11 is 0. The molecule has 0 radical (unpaired) electrons. The molecule has 2 heterocycles. The predicted octanol–water partition coefficient (Wildman–Crippen LogP) is 2.17. The van der Waals surface area contributed by atoms with Crippen LogP contribution in [0.25, 0.3) is 0 Å². The number of nitrogens with zero attached hydrogens (tertiary/aromatic N) is 2. The minimum atomic E-state index is 0.534. The van der Waals surface area contributed by atoms with E-state index in [4.69, 9.17) is 0 Å². The van der Waals surface area contributed by atoms with Crippen molar-refractivity contribution >= 4 is 0 Å². The first-order valence-electron chi connectivity index (χ1n) is 6.18. The molecule has 0 aliphatic carbocycles. The average Bonchev–Trinajstić information content (AvgIpc) is 2.30. The maximum Gasteiger partial charge on any atom is 0.0435 e. The van der Waals surface area contributed by atoms with Gasteiger partial charge in [0.2, 0.25) is 0 Å². The van der Waals surface area contributed by atoms with Crippen LogP contribution < -0.4 is 5.43 Å². The van der Waals surface area contributed by atoms with E-state index in [1.54, 1.807) is 0 Å². The molecule has 88 valence electrons. The van der Waals surface area contributed by atoms with Crippen molar-refractivity contribution < 1.29 is 0 Å².